The Labute approximate surface area is 578 Å². The van der Waals surface area contributed by atoms with E-state index >= 15 is 0 Å². The second-order valence-electron chi connectivity index (χ2n) is 22.5. The lowest BCUT2D eigenvalue weighted by molar-refractivity contribution is -0.0872. The van der Waals surface area contributed by atoms with Gasteiger partial charge in [0.05, 0.1) is 269 Å². The molecule has 25 nitrogen and oxygen atoms in total. The van der Waals surface area contributed by atoms with Crippen molar-refractivity contribution in [3.05, 3.63) is 89.5 Å². The number of aromatic nitrogens is 2. The third-order valence-electron chi connectivity index (χ3n) is 13.4. The van der Waals surface area contributed by atoms with Crippen LogP contribution in [0.15, 0.2) is 67.3 Å². The van der Waals surface area contributed by atoms with Gasteiger partial charge < -0.3 is 109 Å². The van der Waals surface area contributed by atoms with E-state index in [0.717, 1.165) is 11.1 Å². The van der Waals surface area contributed by atoms with Crippen molar-refractivity contribution in [1.82, 2.24) is 9.97 Å². The molecule has 0 spiro atoms. The molecule has 3 rings (SSSR count). The Morgan fingerprint density at radius 2 is 0.536 bits per heavy atom. The van der Waals surface area contributed by atoms with Gasteiger partial charge >= 0.3 is 0 Å². The van der Waals surface area contributed by atoms with Crippen molar-refractivity contribution in [2.75, 3.05) is 273 Å². The van der Waals surface area contributed by atoms with Crippen LogP contribution in [0.5, 0.6) is 5.75 Å². The average molecular weight is 1380 g/mol. The number of ether oxygens (including phenoxy) is 23. The first-order valence-corrected chi connectivity index (χ1v) is 33.8. The van der Waals surface area contributed by atoms with Gasteiger partial charge in [0.2, 0.25) is 0 Å². The van der Waals surface area contributed by atoms with Crippen molar-refractivity contribution in [1.29, 1.82) is 0 Å². The summed E-state index contributed by atoms with van der Waals surface area (Å²) in [5, 5.41) is 0. The van der Waals surface area contributed by atoms with Gasteiger partial charge in [0, 0.05) is 93.2 Å². The number of hydrogen-bond acceptors (Lipinski definition) is 25. The molecule has 0 saturated heterocycles. The Kier molecular flexibility index (Phi) is 57.0. The average Bonchev–Trinajstić information content (AvgIpc) is 3.79. The minimum atomic E-state index is -0.268. The van der Waals surface area contributed by atoms with E-state index in [9.17, 15) is 0 Å². The monoisotopic (exact) mass is 1380 g/mol. The highest BCUT2D eigenvalue weighted by atomic mass is 16.6. The normalized spacial score (nSPS) is 12.9. The number of rotatable bonds is 67. The summed E-state index contributed by atoms with van der Waals surface area (Å²) >= 11 is 0. The van der Waals surface area contributed by atoms with Gasteiger partial charge in [-0.3, -0.25) is 9.97 Å². The topological polar surface area (TPSA) is 238 Å². The molecule has 1 aromatic carbocycles. The molecule has 97 heavy (non-hydrogen) atoms. The molecule has 0 amide bonds. The lowest BCUT2D eigenvalue weighted by atomic mass is 10.1. The van der Waals surface area contributed by atoms with Gasteiger partial charge in [0.1, 0.15) is 5.75 Å². The summed E-state index contributed by atoms with van der Waals surface area (Å²) in [7, 11) is 6.57. The van der Waals surface area contributed by atoms with E-state index < -0.39 is 0 Å². The molecule has 2 aromatic heterocycles. The molecule has 0 radical (unpaired) electrons. The van der Waals surface area contributed by atoms with Gasteiger partial charge in [-0.05, 0) is 70.2 Å². The summed E-state index contributed by atoms with van der Waals surface area (Å²) in [4.78, 5) is 8.47. The highest BCUT2D eigenvalue weighted by molar-refractivity contribution is 5.52. The first kappa shape index (κ1) is 86.8. The van der Waals surface area contributed by atoms with Crippen LogP contribution < -0.4 is 4.74 Å². The highest BCUT2D eigenvalue weighted by Crippen LogP contribution is 2.19. The summed E-state index contributed by atoms with van der Waals surface area (Å²) in [6.45, 7) is 23.6. The van der Waals surface area contributed by atoms with E-state index in [0.29, 0.717) is 242 Å². The lowest BCUT2D eigenvalue weighted by Crippen LogP contribution is -2.32. The molecule has 0 N–H and O–H groups in total. The molecule has 0 bridgehead atoms. The molecule has 3 aromatic rings. The molecule has 4 atom stereocenters. The molecule has 552 valence electrons. The Morgan fingerprint density at radius 3 is 0.804 bits per heavy atom. The molecule has 0 saturated carbocycles. The lowest BCUT2D eigenvalue weighted by Gasteiger charge is -2.25. The van der Waals surface area contributed by atoms with E-state index in [1.165, 1.54) is 0 Å². The largest absolute Gasteiger partial charge is 0.493 e. The standard InChI is InChI=1S/C72H116N2O23/c1-61(48-87-39-35-83-31-27-79-23-19-75-5)93-56-70(57-94-62(2)49-88-40-36-84-32-28-80-24-20-76-6)54-91-52-69(60-97-72-44-67(15-13-65-11-9-17-73-46-65)43-68(45-72)16-14-66-12-10-18-74-47-66)53-92-55-71(58-95-63(3)50-89-41-37-85-33-29-81-25-21-77-7)59-96-64(4)51-90-42-38-86-34-30-82-26-22-78-8/h9-12,17-18,43-47,61-64,69-71H,19-42,48-60H2,1-8H3/t61-,62-,63-,64-/m0/s1. The van der Waals surface area contributed by atoms with Crippen LogP contribution in [0, 0.1) is 41.4 Å². The summed E-state index contributed by atoms with van der Waals surface area (Å²) < 4.78 is 134. The third kappa shape index (κ3) is 52.2. The summed E-state index contributed by atoms with van der Waals surface area (Å²) in [6.07, 6.45) is 5.99. The SMILES string of the molecule is COCCOCCOCCOC[C@H](C)OCC(COCC(COCC(CO[C@@H](C)COCCOCCOCCOC)CO[C@@H](C)COCCOCCOCCOC)COc1cc(C#Cc2cccnc2)cc(C#Cc2cccnc2)c1)CO[C@@H](C)COCCOCCOCCOC. The van der Waals surface area contributed by atoms with Crippen molar-refractivity contribution < 1.29 is 109 Å². The van der Waals surface area contributed by atoms with Gasteiger partial charge in [-0.1, -0.05) is 23.7 Å². The zero-order chi connectivity index (χ0) is 69.4. The predicted molar refractivity (Wildman–Crippen MR) is 363 cm³/mol. The summed E-state index contributed by atoms with van der Waals surface area (Å²) in [5.74, 6) is 13.0. The fourth-order valence-electron chi connectivity index (χ4n) is 8.16. The van der Waals surface area contributed by atoms with Gasteiger partial charge in [-0.2, -0.15) is 0 Å². The van der Waals surface area contributed by atoms with Crippen molar-refractivity contribution in [2.45, 2.75) is 52.1 Å². The second kappa shape index (κ2) is 63.7. The summed E-state index contributed by atoms with van der Waals surface area (Å²) in [5.41, 5.74) is 2.98. The van der Waals surface area contributed by atoms with Crippen LogP contribution in [0.4, 0.5) is 0 Å². The minimum Gasteiger partial charge on any atom is -0.493 e. The van der Waals surface area contributed by atoms with Gasteiger partial charge in [0.25, 0.3) is 0 Å². The second-order valence-corrected chi connectivity index (χ2v) is 22.5. The molecule has 0 aliphatic rings. The van der Waals surface area contributed by atoms with Gasteiger partial charge in [-0.25, -0.2) is 0 Å². The smallest absolute Gasteiger partial charge is 0.121 e. The number of pyridine rings is 2. The van der Waals surface area contributed by atoms with Gasteiger partial charge in [0.15, 0.2) is 0 Å². The minimum absolute atomic E-state index is 0.168. The zero-order valence-corrected chi connectivity index (χ0v) is 59.3. The van der Waals surface area contributed by atoms with Crippen molar-refractivity contribution in [2.24, 2.45) is 17.8 Å². The first-order valence-electron chi connectivity index (χ1n) is 33.8. The molecule has 25 heteroatoms. The zero-order valence-electron chi connectivity index (χ0n) is 59.3. The Bertz CT molecular complexity index is 2130. The van der Waals surface area contributed by atoms with Crippen LogP contribution in [0.3, 0.4) is 0 Å². The maximum atomic E-state index is 6.68. The van der Waals surface area contributed by atoms with E-state index in [1.54, 1.807) is 53.2 Å². The van der Waals surface area contributed by atoms with E-state index in [4.69, 9.17) is 109 Å². The molecule has 0 aliphatic heterocycles. The van der Waals surface area contributed by atoms with Crippen molar-refractivity contribution in [3.8, 4) is 29.4 Å². The third-order valence-corrected chi connectivity index (χ3v) is 13.4. The number of hydrogen-bond donors (Lipinski definition) is 0. The number of methoxy groups -OCH3 is 4. The van der Waals surface area contributed by atoms with Crippen molar-refractivity contribution in [3.63, 3.8) is 0 Å². The van der Waals surface area contributed by atoms with Crippen LogP contribution in [0.2, 0.25) is 0 Å². The molecule has 0 fully saturated rings. The van der Waals surface area contributed by atoms with Crippen LogP contribution in [-0.4, -0.2) is 307 Å². The number of nitrogens with zero attached hydrogens (tertiary/aromatic N) is 2. The van der Waals surface area contributed by atoms with E-state index in [-0.39, 0.29) is 62.0 Å². The Balaban J connectivity index is 1.80. The van der Waals surface area contributed by atoms with Crippen molar-refractivity contribution >= 4 is 0 Å². The van der Waals surface area contributed by atoms with Gasteiger partial charge in [-0.15, -0.1) is 0 Å². The van der Waals surface area contributed by atoms with E-state index in [1.807, 2.05) is 70.2 Å². The molecule has 2 heterocycles. The predicted octanol–water partition coefficient (Wildman–Crippen LogP) is 5.94. The maximum Gasteiger partial charge on any atom is 0.121 e. The molecule has 0 unspecified atom stereocenters. The fourth-order valence-corrected chi connectivity index (χ4v) is 8.16. The molecule has 0 aliphatic carbocycles. The van der Waals surface area contributed by atoms with Crippen LogP contribution in [0.25, 0.3) is 0 Å². The van der Waals surface area contributed by atoms with Crippen LogP contribution in [0.1, 0.15) is 49.9 Å². The highest BCUT2D eigenvalue weighted by Gasteiger charge is 2.21. The quantitative estimate of drug-likeness (QED) is 0.0469. The Morgan fingerprint density at radius 1 is 0.278 bits per heavy atom. The first-order chi connectivity index (χ1) is 47.7. The maximum absolute atomic E-state index is 6.68. The molecular weight excluding hydrogens is 1260 g/mol. The van der Waals surface area contributed by atoms with Crippen LogP contribution in [-0.2, 0) is 104 Å². The Hall–Kier alpha value is -4.44. The summed E-state index contributed by atoms with van der Waals surface area (Å²) in [6, 6.07) is 13.3. The number of benzene rings is 1. The molecular formula is C72H116N2O23. The van der Waals surface area contributed by atoms with Crippen LogP contribution >= 0.6 is 0 Å². The fraction of sp³-hybridized carbons (Fsp3) is 0.722. The van der Waals surface area contributed by atoms with E-state index in [2.05, 4.69) is 33.6 Å².